The number of hydrogen-bond donors (Lipinski definition) is 1. The van der Waals surface area contributed by atoms with E-state index in [0.29, 0.717) is 0 Å². The maximum atomic E-state index is 6.12. The summed E-state index contributed by atoms with van der Waals surface area (Å²) in [5.74, 6) is 1.01. The molecule has 0 amide bonds. The summed E-state index contributed by atoms with van der Waals surface area (Å²) in [6, 6.07) is 7.02. The molecular formula is C13H19NS. The molecule has 1 unspecified atom stereocenters. The molecular weight excluding hydrogens is 202 g/mol. The topological polar surface area (TPSA) is 26.0 Å². The number of nitrogens with two attached hydrogens (primary N) is 1. The van der Waals surface area contributed by atoms with Gasteiger partial charge in [0.2, 0.25) is 0 Å². The molecule has 0 radical (unpaired) electrons. The van der Waals surface area contributed by atoms with Crippen LogP contribution in [0.15, 0.2) is 18.2 Å². The third-order valence-corrected chi connectivity index (χ3v) is 3.84. The van der Waals surface area contributed by atoms with Gasteiger partial charge in [0.25, 0.3) is 0 Å². The fraction of sp³-hybridized carbons (Fsp3) is 0.538. The van der Waals surface area contributed by atoms with E-state index < -0.39 is 0 Å². The lowest BCUT2D eigenvalue weighted by atomic mass is 9.89. The van der Waals surface area contributed by atoms with Crippen molar-refractivity contribution < 1.29 is 0 Å². The van der Waals surface area contributed by atoms with Gasteiger partial charge in [-0.25, -0.2) is 0 Å². The summed E-state index contributed by atoms with van der Waals surface area (Å²) in [5.41, 5.74) is 10.5. The molecule has 2 rings (SSSR count). The maximum Gasteiger partial charge on any atom is 0.0386 e. The summed E-state index contributed by atoms with van der Waals surface area (Å²) in [6.45, 7) is 0. The minimum Gasteiger partial charge on any atom is -0.323 e. The predicted molar refractivity (Wildman–Crippen MR) is 68.4 cm³/mol. The molecule has 1 aromatic carbocycles. The highest BCUT2D eigenvalue weighted by Crippen LogP contribution is 2.24. The van der Waals surface area contributed by atoms with E-state index in [1.807, 2.05) is 11.8 Å². The molecule has 0 saturated heterocycles. The minimum absolute atomic E-state index is 0.201. The zero-order chi connectivity index (χ0) is 10.7. The molecule has 0 heterocycles. The van der Waals surface area contributed by atoms with Crippen LogP contribution in [0.4, 0.5) is 0 Å². The predicted octanol–water partition coefficient (Wildman–Crippen LogP) is 2.93. The Morgan fingerprint density at radius 3 is 2.73 bits per heavy atom. The van der Waals surface area contributed by atoms with Gasteiger partial charge >= 0.3 is 0 Å². The Balaban J connectivity index is 2.20. The smallest absolute Gasteiger partial charge is 0.0386 e. The van der Waals surface area contributed by atoms with E-state index in [2.05, 4.69) is 24.5 Å². The monoisotopic (exact) mass is 221 g/mol. The molecule has 0 aliphatic heterocycles. The molecule has 0 spiro atoms. The summed E-state index contributed by atoms with van der Waals surface area (Å²) in [6.07, 6.45) is 7.30. The van der Waals surface area contributed by atoms with Gasteiger partial charge in [-0.15, -0.1) is 0 Å². The molecule has 1 aliphatic carbocycles. The van der Waals surface area contributed by atoms with Crippen LogP contribution in [-0.4, -0.2) is 12.0 Å². The lowest BCUT2D eigenvalue weighted by Crippen LogP contribution is -2.14. The first kappa shape index (κ1) is 11.0. The first-order valence-electron chi connectivity index (χ1n) is 5.67. The molecule has 0 bridgehead atoms. The molecule has 1 atom stereocenters. The van der Waals surface area contributed by atoms with Crippen LogP contribution in [0.5, 0.6) is 0 Å². The standard InChI is InChI=1S/C13H19NS/c1-15-9-13(14)12-7-6-10-4-2-3-5-11(10)8-12/h6-8,13H,2-5,9,14H2,1H3. The Bertz CT molecular complexity index is 335. The molecule has 15 heavy (non-hydrogen) atoms. The first-order chi connectivity index (χ1) is 7.31. The molecule has 82 valence electrons. The van der Waals surface area contributed by atoms with Crippen molar-refractivity contribution in [2.75, 3.05) is 12.0 Å². The van der Waals surface area contributed by atoms with Gasteiger partial charge in [-0.2, -0.15) is 11.8 Å². The van der Waals surface area contributed by atoms with Crippen LogP contribution in [0, 0.1) is 0 Å². The van der Waals surface area contributed by atoms with Gasteiger partial charge in [-0.1, -0.05) is 18.2 Å². The number of hydrogen-bond acceptors (Lipinski definition) is 2. The second-order valence-corrected chi connectivity index (χ2v) is 5.21. The molecule has 0 saturated carbocycles. The van der Waals surface area contributed by atoms with Crippen LogP contribution in [-0.2, 0) is 12.8 Å². The molecule has 1 aliphatic rings. The van der Waals surface area contributed by atoms with Crippen molar-refractivity contribution in [3.05, 3.63) is 34.9 Å². The van der Waals surface area contributed by atoms with E-state index in [1.165, 1.54) is 36.8 Å². The van der Waals surface area contributed by atoms with Crippen LogP contribution >= 0.6 is 11.8 Å². The van der Waals surface area contributed by atoms with Gasteiger partial charge in [-0.05, 0) is 48.6 Å². The zero-order valence-electron chi connectivity index (χ0n) is 9.33. The molecule has 0 fully saturated rings. The Labute approximate surface area is 96.4 Å². The van der Waals surface area contributed by atoms with Crippen LogP contribution in [0.1, 0.15) is 35.6 Å². The van der Waals surface area contributed by atoms with E-state index >= 15 is 0 Å². The molecule has 0 aromatic heterocycles. The Morgan fingerprint density at radius 2 is 2.00 bits per heavy atom. The third kappa shape index (κ3) is 2.56. The van der Waals surface area contributed by atoms with E-state index in [0.717, 1.165) is 5.75 Å². The first-order valence-corrected chi connectivity index (χ1v) is 7.07. The third-order valence-electron chi connectivity index (χ3n) is 3.15. The lowest BCUT2D eigenvalue weighted by molar-refractivity contribution is 0.682. The molecule has 2 heteroatoms. The SMILES string of the molecule is CSCC(N)c1ccc2c(c1)CCCC2. The number of benzene rings is 1. The number of rotatable bonds is 3. The summed E-state index contributed by atoms with van der Waals surface area (Å²) >= 11 is 1.82. The van der Waals surface area contributed by atoms with Crippen molar-refractivity contribution in [1.29, 1.82) is 0 Å². The Kier molecular flexibility index (Phi) is 3.71. The number of thioether (sulfide) groups is 1. The van der Waals surface area contributed by atoms with Gasteiger partial charge < -0.3 is 5.73 Å². The average molecular weight is 221 g/mol. The van der Waals surface area contributed by atoms with Crippen molar-refractivity contribution in [2.45, 2.75) is 31.7 Å². The van der Waals surface area contributed by atoms with Crippen LogP contribution in [0.2, 0.25) is 0 Å². The normalized spacial score (nSPS) is 17.2. The highest BCUT2D eigenvalue weighted by Gasteiger charge is 2.12. The van der Waals surface area contributed by atoms with E-state index in [4.69, 9.17) is 5.73 Å². The van der Waals surface area contributed by atoms with Crippen molar-refractivity contribution in [3.63, 3.8) is 0 Å². The van der Waals surface area contributed by atoms with Crippen molar-refractivity contribution in [3.8, 4) is 0 Å². The molecule has 1 aromatic rings. The van der Waals surface area contributed by atoms with Gasteiger partial charge in [0, 0.05) is 11.8 Å². The second kappa shape index (κ2) is 5.04. The van der Waals surface area contributed by atoms with Gasteiger partial charge in [0.15, 0.2) is 0 Å². The van der Waals surface area contributed by atoms with Gasteiger partial charge in [0.05, 0.1) is 0 Å². The fourth-order valence-corrected chi connectivity index (χ4v) is 2.81. The maximum absolute atomic E-state index is 6.12. The van der Waals surface area contributed by atoms with Crippen LogP contribution in [0.25, 0.3) is 0 Å². The molecule has 2 N–H and O–H groups in total. The van der Waals surface area contributed by atoms with E-state index in [-0.39, 0.29) is 6.04 Å². The number of aryl methyl sites for hydroxylation is 2. The van der Waals surface area contributed by atoms with Gasteiger partial charge in [-0.3, -0.25) is 0 Å². The lowest BCUT2D eigenvalue weighted by Gasteiger charge is -2.18. The van der Waals surface area contributed by atoms with E-state index in [9.17, 15) is 0 Å². The van der Waals surface area contributed by atoms with E-state index in [1.54, 1.807) is 5.56 Å². The summed E-state index contributed by atoms with van der Waals surface area (Å²) < 4.78 is 0. The second-order valence-electron chi connectivity index (χ2n) is 4.30. The minimum atomic E-state index is 0.201. The highest BCUT2D eigenvalue weighted by molar-refractivity contribution is 7.98. The Hall–Kier alpha value is -0.470. The highest BCUT2D eigenvalue weighted by atomic mass is 32.2. The van der Waals surface area contributed by atoms with Crippen LogP contribution in [0.3, 0.4) is 0 Å². The molecule has 1 nitrogen and oxygen atoms in total. The summed E-state index contributed by atoms with van der Waals surface area (Å²) in [7, 11) is 0. The van der Waals surface area contributed by atoms with Crippen molar-refractivity contribution >= 4 is 11.8 Å². The quantitative estimate of drug-likeness (QED) is 0.849. The summed E-state index contributed by atoms with van der Waals surface area (Å²) in [5, 5.41) is 0. The Morgan fingerprint density at radius 1 is 1.27 bits per heavy atom. The largest absolute Gasteiger partial charge is 0.323 e. The van der Waals surface area contributed by atoms with Gasteiger partial charge in [0.1, 0.15) is 0 Å². The number of fused-ring (bicyclic) bond motifs is 1. The van der Waals surface area contributed by atoms with Crippen molar-refractivity contribution in [1.82, 2.24) is 0 Å². The fourth-order valence-electron chi connectivity index (χ4n) is 2.26. The summed E-state index contributed by atoms with van der Waals surface area (Å²) in [4.78, 5) is 0. The van der Waals surface area contributed by atoms with Crippen molar-refractivity contribution in [2.24, 2.45) is 5.73 Å². The van der Waals surface area contributed by atoms with Crippen LogP contribution < -0.4 is 5.73 Å². The zero-order valence-corrected chi connectivity index (χ0v) is 10.1. The average Bonchev–Trinajstić information content (AvgIpc) is 2.29.